The zero-order valence-corrected chi connectivity index (χ0v) is 11.1. The van der Waals surface area contributed by atoms with Gasteiger partial charge in [0, 0.05) is 7.11 Å². The van der Waals surface area contributed by atoms with Crippen molar-refractivity contribution in [2.24, 2.45) is 0 Å². The maximum atomic E-state index is 5.73. The van der Waals surface area contributed by atoms with Crippen LogP contribution in [0, 0.1) is 0 Å². The van der Waals surface area contributed by atoms with Crippen LogP contribution in [0.15, 0.2) is 0 Å². The predicted octanol–water partition coefficient (Wildman–Crippen LogP) is 2.63. The molecule has 4 heteroatoms. The highest BCUT2D eigenvalue weighted by Gasteiger charge is 2.20. The standard InChI is InChI=1S/C10H24O3Si/c1-6-7-14(4,5)13-9-12-8-10(2)11-3/h10H,6-9H2,1-5H3. The molecule has 0 aromatic carbocycles. The van der Waals surface area contributed by atoms with E-state index in [2.05, 4.69) is 20.0 Å². The van der Waals surface area contributed by atoms with Crippen molar-refractivity contribution in [3.05, 3.63) is 0 Å². The van der Waals surface area contributed by atoms with E-state index in [1.165, 1.54) is 12.5 Å². The van der Waals surface area contributed by atoms with Gasteiger partial charge < -0.3 is 13.9 Å². The molecule has 0 bridgehead atoms. The first-order valence-electron chi connectivity index (χ1n) is 5.26. The van der Waals surface area contributed by atoms with E-state index in [9.17, 15) is 0 Å². The molecule has 0 aliphatic heterocycles. The summed E-state index contributed by atoms with van der Waals surface area (Å²) in [5, 5.41) is 0. The topological polar surface area (TPSA) is 27.7 Å². The summed E-state index contributed by atoms with van der Waals surface area (Å²) in [7, 11) is 0.234. The van der Waals surface area contributed by atoms with Gasteiger partial charge in [0.25, 0.3) is 0 Å². The lowest BCUT2D eigenvalue weighted by atomic mass is 10.4. The van der Waals surface area contributed by atoms with Crippen molar-refractivity contribution in [3.8, 4) is 0 Å². The Bertz CT molecular complexity index is 139. The number of hydrogen-bond acceptors (Lipinski definition) is 3. The van der Waals surface area contributed by atoms with Crippen molar-refractivity contribution in [1.82, 2.24) is 0 Å². The van der Waals surface area contributed by atoms with Crippen molar-refractivity contribution in [1.29, 1.82) is 0 Å². The molecule has 0 spiro atoms. The van der Waals surface area contributed by atoms with Gasteiger partial charge in [0.1, 0.15) is 6.79 Å². The Hall–Kier alpha value is 0.0969. The number of hydrogen-bond donors (Lipinski definition) is 0. The summed E-state index contributed by atoms with van der Waals surface area (Å²) in [6.07, 6.45) is 1.34. The van der Waals surface area contributed by atoms with Crippen molar-refractivity contribution in [2.45, 2.75) is 45.5 Å². The Balaban J connectivity index is 3.43. The lowest BCUT2D eigenvalue weighted by Crippen LogP contribution is -2.31. The van der Waals surface area contributed by atoms with Gasteiger partial charge in [-0.1, -0.05) is 13.3 Å². The van der Waals surface area contributed by atoms with Crippen molar-refractivity contribution < 1.29 is 13.9 Å². The quantitative estimate of drug-likeness (QED) is 0.357. The first-order valence-corrected chi connectivity index (χ1v) is 8.38. The first kappa shape index (κ1) is 14.1. The average molecular weight is 220 g/mol. The molecule has 0 rings (SSSR count). The monoisotopic (exact) mass is 220 g/mol. The predicted molar refractivity (Wildman–Crippen MR) is 61.0 cm³/mol. The van der Waals surface area contributed by atoms with Gasteiger partial charge in [0.2, 0.25) is 0 Å². The molecule has 0 aromatic rings. The van der Waals surface area contributed by atoms with E-state index >= 15 is 0 Å². The van der Waals surface area contributed by atoms with Crippen LogP contribution in [0.3, 0.4) is 0 Å². The molecule has 1 atom stereocenters. The van der Waals surface area contributed by atoms with Crippen LogP contribution in [0.25, 0.3) is 0 Å². The SMILES string of the molecule is CCC[Si](C)(C)OCOCC(C)OC. The van der Waals surface area contributed by atoms with Crippen LogP contribution in [0.1, 0.15) is 20.3 Å². The van der Waals surface area contributed by atoms with Crippen LogP contribution in [0.5, 0.6) is 0 Å². The van der Waals surface area contributed by atoms with Gasteiger partial charge in [-0.3, -0.25) is 0 Å². The second-order valence-electron chi connectivity index (χ2n) is 4.19. The van der Waals surface area contributed by atoms with Gasteiger partial charge in [-0.2, -0.15) is 0 Å². The van der Waals surface area contributed by atoms with E-state index < -0.39 is 8.32 Å². The van der Waals surface area contributed by atoms with Gasteiger partial charge in [-0.15, -0.1) is 0 Å². The molecule has 0 fully saturated rings. The largest absolute Gasteiger partial charge is 0.395 e. The normalized spacial score (nSPS) is 14.4. The van der Waals surface area contributed by atoms with Crippen LogP contribution in [0.4, 0.5) is 0 Å². The molecule has 0 amide bonds. The molecule has 1 unspecified atom stereocenters. The Morgan fingerprint density at radius 3 is 2.43 bits per heavy atom. The highest BCUT2D eigenvalue weighted by atomic mass is 28.4. The van der Waals surface area contributed by atoms with Gasteiger partial charge in [0.05, 0.1) is 12.7 Å². The minimum absolute atomic E-state index is 0.148. The van der Waals surface area contributed by atoms with E-state index in [0.717, 1.165) is 0 Å². The summed E-state index contributed by atoms with van der Waals surface area (Å²) in [6.45, 7) is 9.62. The molecule has 14 heavy (non-hydrogen) atoms. The molecule has 3 nitrogen and oxygen atoms in total. The third kappa shape index (κ3) is 7.50. The third-order valence-corrected chi connectivity index (χ3v) is 4.74. The van der Waals surface area contributed by atoms with E-state index in [1.54, 1.807) is 7.11 Å². The van der Waals surface area contributed by atoms with Crippen LogP contribution in [0.2, 0.25) is 19.1 Å². The van der Waals surface area contributed by atoms with Crippen LogP contribution >= 0.6 is 0 Å². The van der Waals surface area contributed by atoms with Gasteiger partial charge in [-0.25, -0.2) is 0 Å². The molecule has 0 aliphatic carbocycles. The summed E-state index contributed by atoms with van der Waals surface area (Å²) in [6, 6.07) is 1.19. The molecule has 0 saturated carbocycles. The van der Waals surface area contributed by atoms with Gasteiger partial charge in [-0.05, 0) is 26.1 Å². The first-order chi connectivity index (χ1) is 6.52. The molecule has 0 aliphatic rings. The molecule has 0 heterocycles. The van der Waals surface area contributed by atoms with Gasteiger partial charge in [0.15, 0.2) is 8.32 Å². The second-order valence-corrected chi connectivity index (χ2v) is 8.50. The van der Waals surface area contributed by atoms with Crippen LogP contribution in [-0.2, 0) is 13.9 Å². The van der Waals surface area contributed by atoms with Crippen LogP contribution < -0.4 is 0 Å². The molecular weight excluding hydrogens is 196 g/mol. The molecular formula is C10H24O3Si. The summed E-state index contributed by atoms with van der Waals surface area (Å²) in [4.78, 5) is 0. The molecule has 0 N–H and O–H groups in total. The fourth-order valence-electron chi connectivity index (χ4n) is 1.16. The number of methoxy groups -OCH3 is 1. The fraction of sp³-hybridized carbons (Fsp3) is 1.00. The number of ether oxygens (including phenoxy) is 2. The zero-order valence-electron chi connectivity index (χ0n) is 10.1. The minimum atomic E-state index is -1.45. The molecule has 0 radical (unpaired) electrons. The summed E-state index contributed by atoms with van der Waals surface area (Å²) < 4.78 is 16.1. The van der Waals surface area contributed by atoms with E-state index in [1.807, 2.05) is 6.92 Å². The van der Waals surface area contributed by atoms with Crippen molar-refractivity contribution in [2.75, 3.05) is 20.5 Å². The zero-order chi connectivity index (χ0) is 11.0. The summed E-state index contributed by atoms with van der Waals surface area (Å²) in [5.74, 6) is 0. The highest BCUT2D eigenvalue weighted by molar-refractivity contribution is 6.71. The van der Waals surface area contributed by atoms with E-state index in [0.29, 0.717) is 13.4 Å². The summed E-state index contributed by atoms with van der Waals surface area (Å²) in [5.41, 5.74) is 0. The van der Waals surface area contributed by atoms with E-state index in [4.69, 9.17) is 13.9 Å². The maximum Gasteiger partial charge on any atom is 0.189 e. The fourth-order valence-corrected chi connectivity index (χ4v) is 2.91. The maximum absolute atomic E-state index is 5.73. The molecule has 0 saturated heterocycles. The average Bonchev–Trinajstić information content (AvgIpc) is 2.12. The van der Waals surface area contributed by atoms with Gasteiger partial charge >= 0.3 is 0 Å². The third-order valence-electron chi connectivity index (χ3n) is 2.14. The Labute approximate surface area is 88.9 Å². The molecule has 86 valence electrons. The lowest BCUT2D eigenvalue weighted by molar-refractivity contribution is -0.0403. The van der Waals surface area contributed by atoms with Crippen LogP contribution in [-0.4, -0.2) is 34.9 Å². The Morgan fingerprint density at radius 2 is 1.93 bits per heavy atom. The van der Waals surface area contributed by atoms with Crippen molar-refractivity contribution >= 4 is 8.32 Å². The van der Waals surface area contributed by atoms with E-state index in [-0.39, 0.29) is 6.10 Å². The molecule has 0 aromatic heterocycles. The lowest BCUT2D eigenvalue weighted by Gasteiger charge is -2.22. The number of rotatable bonds is 8. The minimum Gasteiger partial charge on any atom is -0.395 e. The Morgan fingerprint density at radius 1 is 1.29 bits per heavy atom. The summed E-state index contributed by atoms with van der Waals surface area (Å²) >= 11 is 0. The second kappa shape index (κ2) is 7.40. The highest BCUT2D eigenvalue weighted by Crippen LogP contribution is 2.12. The van der Waals surface area contributed by atoms with Crippen molar-refractivity contribution in [3.63, 3.8) is 0 Å². The Kier molecular flexibility index (Phi) is 7.45. The smallest absolute Gasteiger partial charge is 0.189 e.